The number of amides is 1. The number of hydrogen-bond donors (Lipinski definition) is 9. The van der Waals surface area contributed by atoms with E-state index in [-0.39, 0.29) is 18.9 Å². The number of nitrogens with one attached hydrogen (secondary N) is 1. The van der Waals surface area contributed by atoms with Crippen LogP contribution in [0.5, 0.6) is 0 Å². The van der Waals surface area contributed by atoms with Crippen molar-refractivity contribution >= 4 is 5.91 Å². The van der Waals surface area contributed by atoms with E-state index >= 15 is 0 Å². The molecule has 14 heteroatoms. The summed E-state index contributed by atoms with van der Waals surface area (Å²) in [5.74, 6) is -0.254. The summed E-state index contributed by atoms with van der Waals surface area (Å²) < 4.78 is 22.8. The molecule has 81 heavy (non-hydrogen) atoms. The van der Waals surface area contributed by atoms with Crippen molar-refractivity contribution in [3.63, 3.8) is 0 Å². The Morgan fingerprint density at radius 3 is 1.36 bits per heavy atom. The molecular formula is C67H117NO13. The maximum atomic E-state index is 13.3. The van der Waals surface area contributed by atoms with E-state index in [1.54, 1.807) is 6.08 Å². The maximum Gasteiger partial charge on any atom is 0.220 e. The molecule has 2 heterocycles. The van der Waals surface area contributed by atoms with E-state index < -0.39 is 86.8 Å². The maximum absolute atomic E-state index is 13.3. The van der Waals surface area contributed by atoms with Gasteiger partial charge in [0.2, 0.25) is 5.91 Å². The fourth-order valence-electron chi connectivity index (χ4n) is 10.1. The number of aliphatic hydroxyl groups is 8. The monoisotopic (exact) mass is 1140 g/mol. The molecule has 2 rings (SSSR count). The van der Waals surface area contributed by atoms with E-state index in [1.165, 1.54) is 135 Å². The molecular weight excluding hydrogens is 1030 g/mol. The van der Waals surface area contributed by atoms with Crippen LogP contribution in [0.25, 0.3) is 0 Å². The molecule has 14 nitrogen and oxygen atoms in total. The van der Waals surface area contributed by atoms with E-state index in [0.717, 1.165) is 70.6 Å². The summed E-state index contributed by atoms with van der Waals surface area (Å²) in [4.78, 5) is 13.3. The van der Waals surface area contributed by atoms with Crippen molar-refractivity contribution in [2.24, 2.45) is 0 Å². The van der Waals surface area contributed by atoms with Crippen LogP contribution in [0, 0.1) is 0 Å². The molecule has 0 aliphatic carbocycles. The molecule has 0 bridgehead atoms. The smallest absolute Gasteiger partial charge is 0.220 e. The zero-order valence-electron chi connectivity index (χ0n) is 50.5. The highest BCUT2D eigenvalue weighted by molar-refractivity contribution is 5.76. The van der Waals surface area contributed by atoms with Crippen molar-refractivity contribution in [2.75, 3.05) is 19.8 Å². The number of rotatable bonds is 51. The Hall–Kier alpha value is -2.83. The van der Waals surface area contributed by atoms with Gasteiger partial charge in [-0.15, -0.1) is 0 Å². The summed E-state index contributed by atoms with van der Waals surface area (Å²) in [6.45, 7) is 2.65. The lowest BCUT2D eigenvalue weighted by Gasteiger charge is -2.46. The molecule has 0 aromatic heterocycles. The van der Waals surface area contributed by atoms with E-state index in [4.69, 9.17) is 18.9 Å². The highest BCUT2D eigenvalue weighted by atomic mass is 16.7. The quantitative estimate of drug-likeness (QED) is 0.0204. The van der Waals surface area contributed by atoms with Gasteiger partial charge in [0.15, 0.2) is 12.6 Å². The fourth-order valence-corrected chi connectivity index (χ4v) is 10.1. The third-order valence-corrected chi connectivity index (χ3v) is 15.3. The highest BCUT2D eigenvalue weighted by Crippen LogP contribution is 2.30. The highest BCUT2D eigenvalue weighted by Gasteiger charge is 2.51. The number of ether oxygens (including phenoxy) is 4. The van der Waals surface area contributed by atoms with Crippen molar-refractivity contribution in [1.29, 1.82) is 0 Å². The molecule has 0 aromatic carbocycles. The first-order valence-corrected chi connectivity index (χ1v) is 32.3. The van der Waals surface area contributed by atoms with Gasteiger partial charge in [-0.2, -0.15) is 0 Å². The number of unbranched alkanes of at least 4 members (excludes halogenated alkanes) is 26. The molecule has 2 aliphatic heterocycles. The number of carbonyl (C=O) groups excluding carboxylic acids is 1. The number of hydrogen-bond acceptors (Lipinski definition) is 13. The number of carbonyl (C=O) groups is 1. The zero-order valence-corrected chi connectivity index (χ0v) is 50.5. The first kappa shape index (κ1) is 74.3. The third-order valence-electron chi connectivity index (χ3n) is 15.3. The van der Waals surface area contributed by atoms with Gasteiger partial charge < -0.3 is 65.1 Å². The van der Waals surface area contributed by atoms with Crippen LogP contribution in [0.4, 0.5) is 0 Å². The first-order valence-electron chi connectivity index (χ1n) is 32.3. The van der Waals surface area contributed by atoms with Crippen LogP contribution >= 0.6 is 0 Å². The summed E-state index contributed by atoms with van der Waals surface area (Å²) in [7, 11) is 0. The summed E-state index contributed by atoms with van der Waals surface area (Å²) in [5.41, 5.74) is 0. The van der Waals surface area contributed by atoms with Crippen molar-refractivity contribution in [1.82, 2.24) is 5.32 Å². The van der Waals surface area contributed by atoms with Crippen LogP contribution < -0.4 is 5.32 Å². The molecule has 2 aliphatic rings. The second kappa shape index (κ2) is 51.6. The van der Waals surface area contributed by atoms with Gasteiger partial charge in [-0.3, -0.25) is 4.79 Å². The zero-order chi connectivity index (χ0) is 58.8. The predicted molar refractivity (Wildman–Crippen MR) is 327 cm³/mol. The molecule has 9 N–H and O–H groups in total. The molecule has 12 atom stereocenters. The lowest BCUT2D eigenvalue weighted by atomic mass is 9.97. The normalized spacial score (nSPS) is 24.7. The van der Waals surface area contributed by atoms with E-state index in [0.29, 0.717) is 12.8 Å². The summed E-state index contributed by atoms with van der Waals surface area (Å²) in [6.07, 6.45) is 53.5. The van der Waals surface area contributed by atoms with Crippen LogP contribution in [0.2, 0.25) is 0 Å². The molecule has 1 amide bonds. The van der Waals surface area contributed by atoms with E-state index in [1.807, 2.05) is 6.08 Å². The second-order valence-electron chi connectivity index (χ2n) is 22.5. The van der Waals surface area contributed by atoms with Crippen molar-refractivity contribution in [2.45, 2.75) is 312 Å². The van der Waals surface area contributed by atoms with Crippen LogP contribution in [0.15, 0.2) is 85.1 Å². The Bertz CT molecular complexity index is 1680. The van der Waals surface area contributed by atoms with Crippen LogP contribution in [0.3, 0.4) is 0 Å². The lowest BCUT2D eigenvalue weighted by molar-refractivity contribution is -0.359. The van der Waals surface area contributed by atoms with E-state index in [9.17, 15) is 45.6 Å². The van der Waals surface area contributed by atoms with E-state index in [2.05, 4.69) is 92.1 Å². The predicted octanol–water partition coefficient (Wildman–Crippen LogP) is 12.1. The molecule has 468 valence electrons. The second-order valence-corrected chi connectivity index (χ2v) is 22.5. The van der Waals surface area contributed by atoms with Crippen LogP contribution in [0.1, 0.15) is 239 Å². The topological polar surface area (TPSA) is 228 Å². The molecule has 2 fully saturated rings. The van der Waals surface area contributed by atoms with Crippen molar-refractivity contribution in [3.8, 4) is 0 Å². The lowest BCUT2D eigenvalue weighted by Crippen LogP contribution is -2.65. The Morgan fingerprint density at radius 1 is 0.457 bits per heavy atom. The van der Waals surface area contributed by atoms with Crippen molar-refractivity contribution in [3.05, 3.63) is 85.1 Å². The molecule has 12 unspecified atom stereocenters. The Morgan fingerprint density at radius 2 is 0.864 bits per heavy atom. The van der Waals surface area contributed by atoms with Gasteiger partial charge in [0.25, 0.3) is 0 Å². The Balaban J connectivity index is 1.68. The third kappa shape index (κ3) is 36.6. The van der Waals surface area contributed by atoms with Crippen LogP contribution in [-0.4, -0.2) is 140 Å². The standard InChI is InChI=1S/C67H117NO13/c1-3-5-7-9-11-13-15-17-19-21-22-23-24-25-26-27-28-29-30-31-32-33-34-35-37-39-41-43-45-47-49-51-59(72)68-55(56(71)50-48-46-44-42-40-38-36-20-18-16-14-12-10-8-6-4-2)54-78-66-64(77)62(75)65(58(53-70)80-66)81-67-63(76)61(74)60(73)57(52-69)79-67/h5,7,11,13,17-20,22-23,40,42,48,50,55-58,60-67,69-71,73-77H,3-4,6,8-10,12,14-16,21,24-39,41,43-47,49,51-54H2,1-2H3,(H,68,72)/b7-5-,13-11-,19-17-,20-18+,23-22-,42-40+,50-48+. The van der Waals surface area contributed by atoms with Gasteiger partial charge in [0.05, 0.1) is 32.0 Å². The minimum atomic E-state index is -1.79. The summed E-state index contributed by atoms with van der Waals surface area (Å²) in [5, 5.41) is 87.2. The van der Waals surface area contributed by atoms with Gasteiger partial charge in [-0.25, -0.2) is 0 Å². The van der Waals surface area contributed by atoms with Crippen LogP contribution in [-0.2, 0) is 23.7 Å². The Kier molecular flexibility index (Phi) is 47.3. The SMILES string of the molecule is CC/C=C\C/C=C\C/C=C\C/C=C\CCCCCCCCCCCCCCCCCCCCC(=O)NC(COC1OC(CO)C(OC2OC(CO)C(O)C(O)C2O)C(O)C1O)C(O)/C=C/CC/C=C/CC/C=C/CCCCCCCC. The molecule has 0 aromatic rings. The average Bonchev–Trinajstić information content (AvgIpc) is 3.47. The molecule has 0 saturated carbocycles. The molecule has 0 radical (unpaired) electrons. The minimum absolute atomic E-state index is 0.254. The fraction of sp³-hybridized carbons (Fsp3) is 0.776. The summed E-state index contributed by atoms with van der Waals surface area (Å²) >= 11 is 0. The summed E-state index contributed by atoms with van der Waals surface area (Å²) in [6, 6.07) is -0.941. The minimum Gasteiger partial charge on any atom is -0.394 e. The first-order chi connectivity index (χ1) is 39.6. The van der Waals surface area contributed by atoms with Gasteiger partial charge in [-0.05, 0) is 83.5 Å². The molecule has 0 spiro atoms. The van der Waals surface area contributed by atoms with Gasteiger partial charge in [-0.1, -0.05) is 234 Å². The average molecular weight is 1140 g/mol. The number of allylic oxidation sites excluding steroid dienone is 13. The van der Waals surface area contributed by atoms with Crippen molar-refractivity contribution < 1.29 is 64.6 Å². The molecule has 2 saturated heterocycles. The Labute approximate surface area is 491 Å². The number of aliphatic hydroxyl groups excluding tert-OH is 8. The van der Waals surface area contributed by atoms with Gasteiger partial charge in [0, 0.05) is 6.42 Å². The largest absolute Gasteiger partial charge is 0.394 e. The van der Waals surface area contributed by atoms with Gasteiger partial charge >= 0.3 is 0 Å². The van der Waals surface area contributed by atoms with Gasteiger partial charge in [0.1, 0.15) is 48.8 Å².